The van der Waals surface area contributed by atoms with E-state index in [2.05, 4.69) is 5.10 Å². The van der Waals surface area contributed by atoms with Gasteiger partial charge < -0.3 is 20.3 Å². The number of hydrogen-bond donors (Lipinski definition) is 1. The maximum absolute atomic E-state index is 13.0. The number of anilines is 1. The predicted molar refractivity (Wildman–Crippen MR) is 106 cm³/mol. The number of rotatable bonds is 4. The van der Waals surface area contributed by atoms with Crippen LogP contribution >= 0.6 is 0 Å². The van der Waals surface area contributed by atoms with Crippen LogP contribution in [0.4, 0.5) is 5.69 Å². The van der Waals surface area contributed by atoms with Gasteiger partial charge in [0.1, 0.15) is 17.9 Å². The van der Waals surface area contributed by atoms with Gasteiger partial charge in [-0.3, -0.25) is 19.4 Å². The van der Waals surface area contributed by atoms with E-state index in [1.807, 2.05) is 30.3 Å². The van der Waals surface area contributed by atoms with Crippen LogP contribution in [0.25, 0.3) is 0 Å². The number of nitrogens with two attached hydrogens (primary N) is 1. The highest BCUT2D eigenvalue weighted by molar-refractivity contribution is 6.40. The molecule has 9 nitrogen and oxygen atoms in total. The zero-order valence-corrected chi connectivity index (χ0v) is 16.2. The molecule has 3 aliphatic heterocycles. The number of hydrazone groups is 1. The van der Waals surface area contributed by atoms with E-state index in [0.717, 1.165) is 12.8 Å². The van der Waals surface area contributed by atoms with Gasteiger partial charge in [0, 0.05) is 39.2 Å². The molecule has 2 N–H and O–H groups in total. The molecule has 0 radical (unpaired) electrons. The Morgan fingerprint density at radius 3 is 2.34 bits per heavy atom. The molecule has 0 aromatic heterocycles. The van der Waals surface area contributed by atoms with Crippen LogP contribution < -0.4 is 10.7 Å². The van der Waals surface area contributed by atoms with Crippen molar-refractivity contribution in [3.8, 4) is 0 Å². The van der Waals surface area contributed by atoms with Gasteiger partial charge in [0.15, 0.2) is 0 Å². The first-order valence-electron chi connectivity index (χ1n) is 9.95. The Morgan fingerprint density at radius 1 is 1.03 bits per heavy atom. The summed E-state index contributed by atoms with van der Waals surface area (Å²) in [6.07, 6.45) is 1.51. The van der Waals surface area contributed by atoms with Crippen LogP contribution in [0.5, 0.6) is 0 Å². The van der Waals surface area contributed by atoms with Gasteiger partial charge in [-0.1, -0.05) is 18.2 Å². The highest BCUT2D eigenvalue weighted by Gasteiger charge is 2.38. The minimum Gasteiger partial charge on any atom is -0.368 e. The quantitative estimate of drug-likeness (QED) is 0.764. The van der Waals surface area contributed by atoms with Crippen LogP contribution in [0.1, 0.15) is 19.3 Å². The van der Waals surface area contributed by atoms with Crippen molar-refractivity contribution < 1.29 is 19.1 Å². The van der Waals surface area contributed by atoms with Crippen LogP contribution in [-0.4, -0.2) is 78.2 Å². The molecule has 3 amide bonds. The summed E-state index contributed by atoms with van der Waals surface area (Å²) < 4.78 is 5.47. The number of primary amides is 1. The average Bonchev–Trinajstić information content (AvgIpc) is 3.44. The van der Waals surface area contributed by atoms with Crippen LogP contribution in [0.2, 0.25) is 0 Å². The van der Waals surface area contributed by atoms with Crippen molar-refractivity contribution in [2.75, 3.05) is 37.8 Å². The van der Waals surface area contributed by atoms with E-state index < -0.39 is 11.9 Å². The first kappa shape index (κ1) is 19.4. The summed E-state index contributed by atoms with van der Waals surface area (Å²) in [6, 6.07) is 8.51. The molecule has 29 heavy (non-hydrogen) atoms. The fraction of sp³-hybridized carbons (Fsp3) is 0.500. The minimum absolute atomic E-state index is 0.0110. The zero-order valence-electron chi connectivity index (χ0n) is 16.2. The molecule has 1 aromatic carbocycles. The first-order valence-corrected chi connectivity index (χ1v) is 9.95. The summed E-state index contributed by atoms with van der Waals surface area (Å²) in [6.45, 7) is 2.44. The second-order valence-corrected chi connectivity index (χ2v) is 7.47. The van der Waals surface area contributed by atoms with Crippen molar-refractivity contribution in [2.24, 2.45) is 10.8 Å². The molecule has 2 fully saturated rings. The van der Waals surface area contributed by atoms with Crippen molar-refractivity contribution >= 4 is 29.1 Å². The van der Waals surface area contributed by atoms with E-state index in [1.54, 1.807) is 9.80 Å². The van der Waals surface area contributed by atoms with Crippen molar-refractivity contribution in [1.82, 2.24) is 9.80 Å². The van der Waals surface area contributed by atoms with Gasteiger partial charge in [-0.2, -0.15) is 5.10 Å². The molecule has 0 bridgehead atoms. The first-order chi connectivity index (χ1) is 14.0. The van der Waals surface area contributed by atoms with E-state index >= 15 is 0 Å². The summed E-state index contributed by atoms with van der Waals surface area (Å²) in [4.78, 5) is 40.8. The Morgan fingerprint density at radius 2 is 1.72 bits per heavy atom. The molecule has 3 aliphatic rings. The van der Waals surface area contributed by atoms with Crippen LogP contribution in [-0.2, 0) is 19.1 Å². The summed E-state index contributed by atoms with van der Waals surface area (Å²) >= 11 is 0. The van der Waals surface area contributed by atoms with E-state index in [-0.39, 0.29) is 24.3 Å². The zero-order chi connectivity index (χ0) is 20.4. The minimum atomic E-state index is -0.682. The number of carbonyl (C=O) groups excluding carboxylic acids is 3. The molecule has 2 saturated heterocycles. The van der Waals surface area contributed by atoms with Crippen LogP contribution in [0, 0.1) is 0 Å². The van der Waals surface area contributed by atoms with Crippen LogP contribution in [0.3, 0.4) is 0 Å². The van der Waals surface area contributed by atoms with Crippen LogP contribution in [0.15, 0.2) is 35.4 Å². The van der Waals surface area contributed by atoms with Crippen molar-refractivity contribution in [2.45, 2.75) is 31.4 Å². The second kappa shape index (κ2) is 8.20. The molecule has 2 unspecified atom stereocenters. The average molecular weight is 399 g/mol. The third kappa shape index (κ3) is 3.95. The lowest BCUT2D eigenvalue weighted by Gasteiger charge is -2.35. The van der Waals surface area contributed by atoms with Crippen molar-refractivity contribution in [1.29, 1.82) is 0 Å². The highest BCUT2D eigenvalue weighted by Crippen LogP contribution is 2.25. The molecule has 0 spiro atoms. The lowest BCUT2D eigenvalue weighted by Crippen LogP contribution is -2.54. The molecule has 9 heteroatoms. The number of carbonyl (C=O) groups is 3. The van der Waals surface area contributed by atoms with Gasteiger partial charge >= 0.3 is 0 Å². The second-order valence-electron chi connectivity index (χ2n) is 7.47. The number of ether oxygens (including phenoxy) is 1. The van der Waals surface area contributed by atoms with Gasteiger partial charge in [0.25, 0.3) is 11.8 Å². The molecular weight excluding hydrogens is 374 g/mol. The predicted octanol–water partition coefficient (Wildman–Crippen LogP) is -0.0436. The summed E-state index contributed by atoms with van der Waals surface area (Å²) in [5, 5.41) is 5.93. The van der Waals surface area contributed by atoms with E-state index in [1.165, 1.54) is 5.01 Å². The maximum atomic E-state index is 13.0. The van der Waals surface area contributed by atoms with Gasteiger partial charge in [0.05, 0.1) is 5.69 Å². The lowest BCUT2D eigenvalue weighted by molar-refractivity contribution is -0.144. The Hall–Kier alpha value is -2.94. The highest BCUT2D eigenvalue weighted by atomic mass is 16.5. The molecule has 3 heterocycles. The number of para-hydroxylation sites is 1. The fourth-order valence-electron chi connectivity index (χ4n) is 3.97. The standard InChI is InChI=1S/C20H25N5O4/c21-18(26)16-13-15(22-25(16)14-5-2-1-3-6-14)19(27)23-8-10-24(11-9-23)20(28)17-7-4-12-29-17/h1-3,5-6,16-17H,4,7-13H2,(H2,21,26). The largest absolute Gasteiger partial charge is 0.368 e. The molecule has 4 rings (SSSR count). The molecule has 2 atom stereocenters. The Labute approximate surface area is 169 Å². The fourth-order valence-corrected chi connectivity index (χ4v) is 3.97. The summed E-state index contributed by atoms with van der Waals surface area (Å²) in [5.41, 5.74) is 6.57. The number of nitrogens with zero attached hydrogens (tertiary/aromatic N) is 4. The molecule has 154 valence electrons. The monoisotopic (exact) mass is 399 g/mol. The molecular formula is C20H25N5O4. The Balaban J connectivity index is 1.40. The third-order valence-corrected chi connectivity index (χ3v) is 5.59. The summed E-state index contributed by atoms with van der Waals surface area (Å²) in [7, 11) is 0. The normalized spacial score (nSPS) is 24.6. The van der Waals surface area contributed by atoms with Crippen molar-refractivity contribution in [3.05, 3.63) is 30.3 Å². The SMILES string of the molecule is NC(=O)C1CC(C(=O)N2CCN(C(=O)C3CCCO3)CC2)=NN1c1ccccc1. The van der Waals surface area contributed by atoms with E-state index in [0.29, 0.717) is 44.2 Å². The Kier molecular flexibility index (Phi) is 5.48. The number of benzene rings is 1. The Bertz CT molecular complexity index is 813. The van der Waals surface area contributed by atoms with Gasteiger partial charge in [-0.25, -0.2) is 0 Å². The third-order valence-electron chi connectivity index (χ3n) is 5.59. The van der Waals surface area contributed by atoms with Gasteiger partial charge in [-0.15, -0.1) is 0 Å². The van der Waals surface area contributed by atoms with Gasteiger partial charge in [-0.05, 0) is 25.0 Å². The van der Waals surface area contributed by atoms with Gasteiger partial charge in [0.2, 0.25) is 5.91 Å². The number of hydrogen-bond acceptors (Lipinski definition) is 6. The summed E-state index contributed by atoms with van der Waals surface area (Å²) in [5.74, 6) is -0.719. The molecule has 0 saturated carbocycles. The lowest BCUT2D eigenvalue weighted by atomic mass is 10.1. The van der Waals surface area contributed by atoms with E-state index in [9.17, 15) is 14.4 Å². The number of amides is 3. The number of piperazine rings is 1. The maximum Gasteiger partial charge on any atom is 0.270 e. The smallest absolute Gasteiger partial charge is 0.270 e. The molecule has 1 aromatic rings. The van der Waals surface area contributed by atoms with Crippen molar-refractivity contribution in [3.63, 3.8) is 0 Å². The van der Waals surface area contributed by atoms with E-state index in [4.69, 9.17) is 10.5 Å². The molecule has 0 aliphatic carbocycles. The topological polar surface area (TPSA) is 109 Å².